The van der Waals surface area contributed by atoms with E-state index in [2.05, 4.69) is 11.2 Å². The maximum atomic E-state index is 10.8. The van der Waals surface area contributed by atoms with E-state index < -0.39 is 9.84 Å². The van der Waals surface area contributed by atoms with Crippen molar-refractivity contribution in [2.75, 3.05) is 6.26 Å². The van der Waals surface area contributed by atoms with E-state index in [-0.39, 0.29) is 4.90 Å². The SMILES string of the molecule is CS(=O)(=O)c1c[c]ncc1. The minimum atomic E-state index is -3.07. The Hall–Kier alpha value is -0.900. The number of hydrogen-bond acceptors (Lipinski definition) is 3. The molecule has 0 bridgehead atoms. The second kappa shape index (κ2) is 2.38. The highest BCUT2D eigenvalue weighted by Gasteiger charge is 2.03. The van der Waals surface area contributed by atoms with E-state index >= 15 is 0 Å². The molecule has 0 aliphatic carbocycles. The van der Waals surface area contributed by atoms with Gasteiger partial charge in [-0.2, -0.15) is 0 Å². The Kier molecular flexibility index (Phi) is 1.72. The Bertz CT molecular complexity index is 304. The summed E-state index contributed by atoms with van der Waals surface area (Å²) in [7, 11) is -3.07. The molecule has 0 unspecified atom stereocenters. The van der Waals surface area contributed by atoms with Crippen molar-refractivity contribution in [2.24, 2.45) is 0 Å². The van der Waals surface area contributed by atoms with Crippen molar-refractivity contribution in [1.29, 1.82) is 0 Å². The molecule has 1 aromatic rings. The maximum absolute atomic E-state index is 10.8. The van der Waals surface area contributed by atoms with Gasteiger partial charge in [0.1, 0.15) is 0 Å². The van der Waals surface area contributed by atoms with Crippen LogP contribution in [-0.4, -0.2) is 19.7 Å². The van der Waals surface area contributed by atoms with Gasteiger partial charge in [-0.05, 0) is 12.1 Å². The van der Waals surface area contributed by atoms with Gasteiger partial charge in [0.25, 0.3) is 0 Å². The van der Waals surface area contributed by atoms with Crippen LogP contribution in [0.15, 0.2) is 23.2 Å². The van der Waals surface area contributed by atoms with Crippen molar-refractivity contribution in [3.05, 3.63) is 24.5 Å². The summed E-state index contributed by atoms with van der Waals surface area (Å²) < 4.78 is 21.6. The summed E-state index contributed by atoms with van der Waals surface area (Å²) in [5.74, 6) is 0. The molecule has 3 nitrogen and oxygen atoms in total. The van der Waals surface area contributed by atoms with Crippen molar-refractivity contribution in [1.82, 2.24) is 4.98 Å². The Morgan fingerprint density at radius 1 is 1.60 bits per heavy atom. The fourth-order valence-corrected chi connectivity index (χ4v) is 1.11. The molecule has 0 aliphatic heterocycles. The summed E-state index contributed by atoms with van der Waals surface area (Å²) in [6.07, 6.45) is 4.99. The van der Waals surface area contributed by atoms with E-state index in [4.69, 9.17) is 0 Å². The summed E-state index contributed by atoms with van der Waals surface area (Å²) in [4.78, 5) is 3.82. The number of pyridine rings is 1. The lowest BCUT2D eigenvalue weighted by atomic mass is 10.5. The molecule has 0 atom stereocenters. The number of hydrogen-bond donors (Lipinski definition) is 0. The summed E-state index contributed by atoms with van der Waals surface area (Å²) in [5, 5.41) is 0. The van der Waals surface area contributed by atoms with Crippen LogP contribution in [0.2, 0.25) is 0 Å². The topological polar surface area (TPSA) is 47.0 Å². The molecule has 0 spiro atoms. The lowest BCUT2D eigenvalue weighted by Crippen LogP contribution is -1.95. The van der Waals surface area contributed by atoms with Gasteiger partial charge in [-0.25, -0.2) is 8.42 Å². The predicted molar refractivity (Wildman–Crippen MR) is 36.2 cm³/mol. The summed E-state index contributed by atoms with van der Waals surface area (Å²) in [5.41, 5.74) is 0. The second-order valence-corrected chi connectivity index (χ2v) is 3.91. The van der Waals surface area contributed by atoms with E-state index in [1.54, 1.807) is 0 Å². The van der Waals surface area contributed by atoms with Crippen LogP contribution in [0, 0.1) is 6.20 Å². The molecule has 0 saturated heterocycles. The Balaban J connectivity index is 3.22. The highest BCUT2D eigenvalue weighted by Crippen LogP contribution is 2.03. The molecule has 0 saturated carbocycles. The highest BCUT2D eigenvalue weighted by molar-refractivity contribution is 7.90. The van der Waals surface area contributed by atoms with Crippen LogP contribution in [0.5, 0.6) is 0 Å². The standard InChI is InChI=1S/C6H6NO2S/c1-10(8,9)6-2-4-7-5-3-6/h2-4H,1H3. The molecule has 53 valence electrons. The molecule has 0 fully saturated rings. The molecule has 1 rings (SSSR count). The Morgan fingerprint density at radius 2 is 2.30 bits per heavy atom. The molecule has 1 aromatic heterocycles. The minimum absolute atomic E-state index is 0.252. The zero-order valence-electron chi connectivity index (χ0n) is 5.40. The van der Waals surface area contributed by atoms with Gasteiger partial charge >= 0.3 is 0 Å². The van der Waals surface area contributed by atoms with Gasteiger partial charge in [0.05, 0.1) is 11.1 Å². The maximum Gasteiger partial charge on any atom is 0.175 e. The van der Waals surface area contributed by atoms with Crippen molar-refractivity contribution < 1.29 is 8.42 Å². The zero-order valence-corrected chi connectivity index (χ0v) is 6.22. The van der Waals surface area contributed by atoms with Gasteiger partial charge in [-0.15, -0.1) is 0 Å². The second-order valence-electron chi connectivity index (χ2n) is 1.89. The van der Waals surface area contributed by atoms with E-state index in [0.29, 0.717) is 0 Å². The molecule has 0 aromatic carbocycles. The zero-order chi connectivity index (χ0) is 7.61. The number of aromatic nitrogens is 1. The van der Waals surface area contributed by atoms with E-state index in [1.807, 2.05) is 0 Å². The number of sulfone groups is 1. The van der Waals surface area contributed by atoms with E-state index in [0.717, 1.165) is 6.26 Å². The summed E-state index contributed by atoms with van der Waals surface area (Å²) in [6, 6.07) is 2.78. The van der Waals surface area contributed by atoms with Gasteiger partial charge < -0.3 is 0 Å². The molecule has 1 heterocycles. The third-order valence-electron chi connectivity index (χ3n) is 1.02. The van der Waals surface area contributed by atoms with Crippen molar-refractivity contribution in [3.63, 3.8) is 0 Å². The van der Waals surface area contributed by atoms with Crippen LogP contribution in [0.25, 0.3) is 0 Å². The lowest BCUT2D eigenvalue weighted by molar-refractivity contribution is 0.601. The first kappa shape index (κ1) is 7.21. The van der Waals surface area contributed by atoms with E-state index in [9.17, 15) is 8.42 Å². The Labute approximate surface area is 59.6 Å². The highest BCUT2D eigenvalue weighted by atomic mass is 32.2. The van der Waals surface area contributed by atoms with Crippen LogP contribution in [0.1, 0.15) is 0 Å². The van der Waals surface area contributed by atoms with Gasteiger partial charge in [0.15, 0.2) is 9.84 Å². The van der Waals surface area contributed by atoms with Crippen LogP contribution >= 0.6 is 0 Å². The molecule has 4 heteroatoms. The smallest absolute Gasteiger partial charge is 0.175 e. The van der Waals surface area contributed by atoms with E-state index in [1.165, 1.54) is 18.3 Å². The first-order chi connectivity index (χ1) is 4.61. The van der Waals surface area contributed by atoms with Crippen molar-refractivity contribution in [3.8, 4) is 0 Å². The monoisotopic (exact) mass is 156 g/mol. The van der Waals surface area contributed by atoms with Gasteiger partial charge in [-0.3, -0.25) is 4.98 Å². The van der Waals surface area contributed by atoms with Crippen LogP contribution in [0.4, 0.5) is 0 Å². The molecular formula is C6H6NO2S. The lowest BCUT2D eigenvalue weighted by Gasteiger charge is -1.92. The molecule has 0 aliphatic rings. The largest absolute Gasteiger partial charge is 0.255 e. The average Bonchev–Trinajstić information content (AvgIpc) is 1.88. The average molecular weight is 156 g/mol. The third-order valence-corrected chi connectivity index (χ3v) is 2.13. The quantitative estimate of drug-likeness (QED) is 0.587. The molecule has 0 N–H and O–H groups in total. The molecule has 10 heavy (non-hydrogen) atoms. The van der Waals surface area contributed by atoms with Crippen molar-refractivity contribution >= 4 is 9.84 Å². The van der Waals surface area contributed by atoms with Crippen LogP contribution in [-0.2, 0) is 9.84 Å². The van der Waals surface area contributed by atoms with Gasteiger partial charge in [-0.1, -0.05) is 0 Å². The normalized spacial score (nSPS) is 11.3. The predicted octanol–water partition coefficient (Wildman–Crippen LogP) is 0.285. The van der Waals surface area contributed by atoms with Gasteiger partial charge in [0, 0.05) is 12.5 Å². The summed E-state index contributed by atoms with van der Waals surface area (Å²) in [6.45, 7) is 0. The fraction of sp³-hybridized carbons (Fsp3) is 0.167. The summed E-state index contributed by atoms with van der Waals surface area (Å²) >= 11 is 0. The van der Waals surface area contributed by atoms with Crippen molar-refractivity contribution in [2.45, 2.75) is 4.90 Å². The third kappa shape index (κ3) is 1.54. The fourth-order valence-electron chi connectivity index (χ4n) is 0.533. The number of nitrogens with zero attached hydrogens (tertiary/aromatic N) is 1. The first-order valence-corrected chi connectivity index (χ1v) is 4.52. The molecule has 0 amide bonds. The van der Waals surface area contributed by atoms with Crippen LogP contribution < -0.4 is 0 Å². The first-order valence-electron chi connectivity index (χ1n) is 2.63. The Morgan fingerprint density at radius 3 is 2.60 bits per heavy atom. The van der Waals surface area contributed by atoms with Crippen LogP contribution in [0.3, 0.4) is 0 Å². The molecular weight excluding hydrogens is 150 g/mol. The number of rotatable bonds is 1. The minimum Gasteiger partial charge on any atom is -0.255 e. The molecule has 1 radical (unpaired) electrons. The van der Waals surface area contributed by atoms with Gasteiger partial charge in [0.2, 0.25) is 0 Å².